The van der Waals surface area contributed by atoms with E-state index in [1.54, 1.807) is 4.90 Å². The summed E-state index contributed by atoms with van der Waals surface area (Å²) in [5, 5.41) is 9.42. The predicted molar refractivity (Wildman–Crippen MR) is 111 cm³/mol. The van der Waals surface area contributed by atoms with Crippen molar-refractivity contribution in [1.29, 1.82) is 0 Å². The zero-order chi connectivity index (χ0) is 20.5. The van der Waals surface area contributed by atoms with Gasteiger partial charge in [0, 0.05) is 11.3 Å². The van der Waals surface area contributed by atoms with E-state index in [-0.39, 0.29) is 25.9 Å². The number of aliphatic hydroxyl groups excluding tert-OH is 1. The molecule has 0 fully saturated rings. The van der Waals surface area contributed by atoms with E-state index in [2.05, 4.69) is 6.07 Å². The lowest BCUT2D eigenvalue weighted by molar-refractivity contribution is -0.123. The van der Waals surface area contributed by atoms with E-state index in [9.17, 15) is 9.90 Å². The monoisotopic (exact) mass is 403 g/mol. The number of amides is 1. The second-order valence-corrected chi connectivity index (χ2v) is 7.36. The Morgan fingerprint density at radius 1 is 0.867 bits per heavy atom. The molecule has 152 valence electrons. The molecule has 0 spiro atoms. The second-order valence-electron chi connectivity index (χ2n) is 7.36. The number of aliphatic hydroxyl groups is 1. The summed E-state index contributed by atoms with van der Waals surface area (Å²) >= 11 is 0. The molecule has 0 aliphatic carbocycles. The van der Waals surface area contributed by atoms with Gasteiger partial charge in [-0.15, -0.1) is 0 Å². The number of carbonyl (C=O) groups excluding carboxylic acids is 1. The molecule has 30 heavy (non-hydrogen) atoms. The molecule has 6 heteroatoms. The molecule has 1 N–H and O–H groups in total. The highest BCUT2D eigenvalue weighted by atomic mass is 16.7. The van der Waals surface area contributed by atoms with Crippen LogP contribution in [0.1, 0.15) is 16.7 Å². The van der Waals surface area contributed by atoms with Crippen LogP contribution in [0.25, 0.3) is 11.1 Å². The molecule has 2 aliphatic heterocycles. The van der Waals surface area contributed by atoms with Crippen molar-refractivity contribution in [2.24, 2.45) is 0 Å². The minimum Gasteiger partial charge on any atom is -0.454 e. The normalized spacial score (nSPS) is 15.1. The average molecular weight is 403 g/mol. The Bertz CT molecular complexity index is 1110. The molecule has 0 radical (unpaired) electrons. The minimum atomic E-state index is -0.0820. The molecule has 2 aliphatic rings. The van der Waals surface area contributed by atoms with Crippen LogP contribution >= 0.6 is 0 Å². The van der Waals surface area contributed by atoms with E-state index >= 15 is 0 Å². The molecule has 5 rings (SSSR count). The number of hydrogen-bond donors (Lipinski definition) is 1. The lowest BCUT2D eigenvalue weighted by atomic mass is 9.99. The number of fused-ring (bicyclic) bond motifs is 2. The first-order valence-corrected chi connectivity index (χ1v) is 9.81. The first-order chi connectivity index (χ1) is 14.7. The Kier molecular flexibility index (Phi) is 4.86. The Labute approximate surface area is 174 Å². The molecular formula is C24H21NO5. The summed E-state index contributed by atoms with van der Waals surface area (Å²) < 4.78 is 16.5. The zero-order valence-corrected chi connectivity index (χ0v) is 16.3. The van der Waals surface area contributed by atoms with Crippen LogP contribution in [-0.2, 0) is 29.3 Å². The molecule has 3 aromatic rings. The molecule has 1 amide bonds. The van der Waals surface area contributed by atoms with E-state index < -0.39 is 0 Å². The van der Waals surface area contributed by atoms with Gasteiger partial charge in [-0.1, -0.05) is 30.3 Å². The van der Waals surface area contributed by atoms with Crippen LogP contribution in [0.2, 0.25) is 0 Å². The van der Waals surface area contributed by atoms with Crippen LogP contribution in [0, 0.1) is 0 Å². The van der Waals surface area contributed by atoms with Crippen LogP contribution in [0.3, 0.4) is 0 Å². The molecule has 0 saturated heterocycles. The third kappa shape index (κ3) is 3.51. The Morgan fingerprint density at radius 2 is 1.73 bits per heavy atom. The van der Waals surface area contributed by atoms with Crippen molar-refractivity contribution in [3.63, 3.8) is 0 Å². The first kappa shape index (κ1) is 18.7. The highest BCUT2D eigenvalue weighted by molar-refractivity contribution is 5.96. The van der Waals surface area contributed by atoms with E-state index in [0.717, 1.165) is 39.3 Å². The quantitative estimate of drug-likeness (QED) is 0.720. The standard InChI is InChI=1S/C24H21NO5/c26-12-17-2-1-3-18(8-17)19-5-6-21-20(10-19)13-28-14-24(27)25(21)11-16-4-7-22-23(9-16)30-15-29-22/h1-10,26H,11-15H2. The van der Waals surface area contributed by atoms with Crippen molar-refractivity contribution in [3.8, 4) is 22.6 Å². The van der Waals surface area contributed by atoms with Gasteiger partial charge in [0.25, 0.3) is 5.91 Å². The van der Waals surface area contributed by atoms with Gasteiger partial charge in [-0.3, -0.25) is 4.79 Å². The summed E-state index contributed by atoms with van der Waals surface area (Å²) in [6.07, 6.45) is 0. The lowest BCUT2D eigenvalue weighted by Gasteiger charge is -2.23. The van der Waals surface area contributed by atoms with Gasteiger partial charge in [0.1, 0.15) is 6.61 Å². The molecule has 0 bridgehead atoms. The van der Waals surface area contributed by atoms with Gasteiger partial charge in [0.2, 0.25) is 6.79 Å². The van der Waals surface area contributed by atoms with Gasteiger partial charge < -0.3 is 24.2 Å². The first-order valence-electron chi connectivity index (χ1n) is 9.81. The van der Waals surface area contributed by atoms with E-state index in [1.807, 2.05) is 54.6 Å². The van der Waals surface area contributed by atoms with Crippen LogP contribution < -0.4 is 14.4 Å². The van der Waals surface area contributed by atoms with Crippen LogP contribution in [0.4, 0.5) is 5.69 Å². The average Bonchev–Trinajstić information content (AvgIpc) is 3.19. The van der Waals surface area contributed by atoms with E-state index in [0.29, 0.717) is 18.9 Å². The predicted octanol–water partition coefficient (Wildman–Crippen LogP) is 3.64. The molecule has 3 aromatic carbocycles. The van der Waals surface area contributed by atoms with Gasteiger partial charge in [-0.2, -0.15) is 0 Å². The van der Waals surface area contributed by atoms with Gasteiger partial charge in [-0.25, -0.2) is 0 Å². The van der Waals surface area contributed by atoms with E-state index in [1.165, 1.54) is 0 Å². The van der Waals surface area contributed by atoms with E-state index in [4.69, 9.17) is 14.2 Å². The summed E-state index contributed by atoms with van der Waals surface area (Å²) in [5.74, 6) is 1.34. The van der Waals surface area contributed by atoms with Crippen molar-refractivity contribution in [3.05, 3.63) is 77.4 Å². The molecule has 0 unspecified atom stereocenters. The second kappa shape index (κ2) is 7.82. The SMILES string of the molecule is O=C1COCc2cc(-c3cccc(CO)c3)ccc2N1Cc1ccc2c(c1)OCO2. The van der Waals surface area contributed by atoms with Gasteiger partial charge in [0.05, 0.1) is 19.8 Å². The molecule has 0 aromatic heterocycles. The highest BCUT2D eigenvalue weighted by Gasteiger charge is 2.24. The number of hydrogen-bond acceptors (Lipinski definition) is 5. The molecule has 0 saturated carbocycles. The van der Waals surface area contributed by atoms with Crippen molar-refractivity contribution < 1.29 is 24.1 Å². The number of rotatable bonds is 4. The van der Waals surface area contributed by atoms with Gasteiger partial charge in [-0.05, 0) is 52.6 Å². The number of ether oxygens (including phenoxy) is 3. The number of anilines is 1. The number of nitrogens with zero attached hydrogens (tertiary/aromatic N) is 1. The summed E-state index contributed by atoms with van der Waals surface area (Å²) in [7, 11) is 0. The molecular weight excluding hydrogens is 382 g/mol. The maximum absolute atomic E-state index is 12.8. The minimum absolute atomic E-state index is 0.000294. The lowest BCUT2D eigenvalue weighted by Crippen LogP contribution is -2.32. The van der Waals surface area contributed by atoms with Crippen LogP contribution in [0.15, 0.2) is 60.7 Å². The molecule has 0 atom stereocenters. The summed E-state index contributed by atoms with van der Waals surface area (Å²) in [4.78, 5) is 14.5. The number of benzene rings is 3. The Balaban J connectivity index is 1.48. The van der Waals surface area contributed by atoms with Crippen molar-refractivity contribution >= 4 is 11.6 Å². The van der Waals surface area contributed by atoms with Gasteiger partial charge in [0.15, 0.2) is 11.5 Å². The Hall–Kier alpha value is -3.35. The smallest absolute Gasteiger partial charge is 0.253 e. The fourth-order valence-electron chi connectivity index (χ4n) is 3.85. The number of carbonyl (C=O) groups is 1. The third-order valence-electron chi connectivity index (χ3n) is 5.38. The summed E-state index contributed by atoms with van der Waals surface area (Å²) in [6, 6.07) is 19.5. The summed E-state index contributed by atoms with van der Waals surface area (Å²) in [5.41, 5.74) is 5.65. The summed E-state index contributed by atoms with van der Waals surface area (Å²) in [6.45, 7) is 1.05. The van der Waals surface area contributed by atoms with Crippen molar-refractivity contribution in [1.82, 2.24) is 0 Å². The maximum atomic E-state index is 12.8. The topological polar surface area (TPSA) is 68.2 Å². The fourth-order valence-corrected chi connectivity index (χ4v) is 3.85. The highest BCUT2D eigenvalue weighted by Crippen LogP contribution is 2.35. The van der Waals surface area contributed by atoms with Crippen molar-refractivity contribution in [2.75, 3.05) is 18.3 Å². The van der Waals surface area contributed by atoms with Crippen LogP contribution in [0.5, 0.6) is 11.5 Å². The Morgan fingerprint density at radius 3 is 2.63 bits per heavy atom. The third-order valence-corrected chi connectivity index (χ3v) is 5.38. The molecule has 2 heterocycles. The van der Waals surface area contributed by atoms with Gasteiger partial charge >= 0.3 is 0 Å². The van der Waals surface area contributed by atoms with Crippen molar-refractivity contribution in [2.45, 2.75) is 19.8 Å². The fraction of sp³-hybridized carbons (Fsp3) is 0.208. The largest absolute Gasteiger partial charge is 0.454 e. The zero-order valence-electron chi connectivity index (χ0n) is 16.3. The maximum Gasteiger partial charge on any atom is 0.253 e. The molecule has 6 nitrogen and oxygen atoms in total. The van der Waals surface area contributed by atoms with Crippen LogP contribution in [-0.4, -0.2) is 24.4 Å².